The first-order chi connectivity index (χ1) is 13.5. The van der Waals surface area contributed by atoms with Crippen LogP contribution in [-0.2, 0) is 19.2 Å². The molecule has 1 aliphatic rings. The van der Waals surface area contributed by atoms with E-state index in [9.17, 15) is 19.2 Å². The van der Waals surface area contributed by atoms with Crippen molar-refractivity contribution in [3.63, 3.8) is 0 Å². The second kappa shape index (κ2) is 11.1. The fraction of sp³-hybridized carbons (Fsp3) is 0.800. The van der Waals surface area contributed by atoms with Gasteiger partial charge in [-0.2, -0.15) is 0 Å². The topological polar surface area (TPSA) is 142 Å². The lowest BCUT2D eigenvalue weighted by atomic mass is 9.97. The van der Waals surface area contributed by atoms with E-state index in [0.717, 1.165) is 6.42 Å². The molecule has 5 atom stereocenters. The molecular formula is C20H36N4O5. The first-order valence-corrected chi connectivity index (χ1v) is 10.4. The number of amides is 3. The van der Waals surface area contributed by atoms with Gasteiger partial charge in [-0.15, -0.1) is 0 Å². The van der Waals surface area contributed by atoms with Crippen LogP contribution in [0.3, 0.4) is 0 Å². The quantitative estimate of drug-likeness (QED) is 0.411. The third-order valence-electron chi connectivity index (χ3n) is 5.63. The number of nitrogens with one attached hydrogen (secondary N) is 2. The Labute approximate surface area is 172 Å². The Morgan fingerprint density at radius 1 is 1.14 bits per heavy atom. The molecule has 1 fully saturated rings. The number of carbonyl (C=O) groups excluding carboxylic acids is 3. The number of aliphatic carboxylic acids is 1. The monoisotopic (exact) mass is 412 g/mol. The number of carboxylic acids is 1. The van der Waals surface area contributed by atoms with Crippen molar-refractivity contribution < 1.29 is 24.3 Å². The minimum atomic E-state index is -1.14. The Morgan fingerprint density at radius 3 is 2.28 bits per heavy atom. The predicted octanol–water partition coefficient (Wildman–Crippen LogP) is 0.471. The Morgan fingerprint density at radius 2 is 1.76 bits per heavy atom. The summed E-state index contributed by atoms with van der Waals surface area (Å²) in [4.78, 5) is 50.4. The summed E-state index contributed by atoms with van der Waals surface area (Å²) >= 11 is 0. The largest absolute Gasteiger partial charge is 0.480 e. The maximum Gasteiger partial charge on any atom is 0.325 e. The van der Waals surface area contributed by atoms with Crippen molar-refractivity contribution in [1.82, 2.24) is 15.5 Å². The van der Waals surface area contributed by atoms with Crippen molar-refractivity contribution in [2.24, 2.45) is 17.6 Å². The molecule has 166 valence electrons. The molecule has 0 saturated carbocycles. The molecule has 5 N–H and O–H groups in total. The molecular weight excluding hydrogens is 376 g/mol. The highest BCUT2D eigenvalue weighted by molar-refractivity contribution is 5.91. The Bertz CT molecular complexity index is 610. The summed E-state index contributed by atoms with van der Waals surface area (Å²) in [6.07, 6.45) is 2.24. The van der Waals surface area contributed by atoms with Crippen LogP contribution in [0.5, 0.6) is 0 Å². The standard InChI is InChI=1S/C20H36N4O5/c1-6-12(4)17(18(26)22-13(5)20(28)29)23-15(25)10-14-8-7-9-24(14)19(27)16(21)11(2)3/h11-14,16-17H,6-10,21H2,1-5H3,(H,22,26)(H,23,25)(H,28,29)/t12-,13-,14-,16-,17-/m0/s1. The number of nitrogens with zero attached hydrogens (tertiary/aromatic N) is 1. The average Bonchev–Trinajstić information content (AvgIpc) is 3.11. The van der Waals surface area contributed by atoms with E-state index < -0.39 is 30.0 Å². The first-order valence-electron chi connectivity index (χ1n) is 10.4. The lowest BCUT2D eigenvalue weighted by molar-refractivity contribution is -0.142. The number of carbonyl (C=O) groups is 4. The molecule has 9 heteroatoms. The van der Waals surface area contributed by atoms with E-state index in [-0.39, 0.29) is 36.1 Å². The molecule has 0 spiro atoms. The van der Waals surface area contributed by atoms with Crippen molar-refractivity contribution in [1.29, 1.82) is 0 Å². The van der Waals surface area contributed by atoms with Crippen LogP contribution >= 0.6 is 0 Å². The molecule has 0 bridgehead atoms. The van der Waals surface area contributed by atoms with Crippen molar-refractivity contribution in [3.8, 4) is 0 Å². The van der Waals surface area contributed by atoms with Crippen molar-refractivity contribution >= 4 is 23.7 Å². The molecule has 0 aliphatic carbocycles. The van der Waals surface area contributed by atoms with Gasteiger partial charge in [-0.05, 0) is 31.6 Å². The van der Waals surface area contributed by atoms with Gasteiger partial charge in [0.2, 0.25) is 17.7 Å². The van der Waals surface area contributed by atoms with Gasteiger partial charge in [-0.25, -0.2) is 0 Å². The molecule has 0 aromatic carbocycles. The highest BCUT2D eigenvalue weighted by Crippen LogP contribution is 2.22. The normalized spacial score (nSPS) is 20.7. The number of rotatable bonds is 10. The second-order valence-electron chi connectivity index (χ2n) is 8.30. The maximum absolute atomic E-state index is 12.6. The molecule has 9 nitrogen and oxygen atoms in total. The number of likely N-dealkylation sites (tertiary alicyclic amines) is 1. The molecule has 1 aliphatic heterocycles. The summed E-state index contributed by atoms with van der Waals surface area (Å²) in [5, 5.41) is 14.1. The van der Waals surface area contributed by atoms with E-state index in [1.807, 2.05) is 27.7 Å². The minimum Gasteiger partial charge on any atom is -0.480 e. The molecule has 0 aromatic rings. The summed E-state index contributed by atoms with van der Waals surface area (Å²) in [7, 11) is 0. The summed E-state index contributed by atoms with van der Waals surface area (Å²) < 4.78 is 0. The van der Waals surface area contributed by atoms with Crippen molar-refractivity contribution in [2.45, 2.75) is 84.5 Å². The van der Waals surface area contributed by atoms with Gasteiger partial charge in [0.25, 0.3) is 0 Å². The predicted molar refractivity (Wildman–Crippen MR) is 109 cm³/mol. The van der Waals surface area contributed by atoms with Crippen molar-refractivity contribution in [2.75, 3.05) is 6.54 Å². The molecule has 29 heavy (non-hydrogen) atoms. The van der Waals surface area contributed by atoms with E-state index in [0.29, 0.717) is 19.4 Å². The van der Waals surface area contributed by atoms with E-state index >= 15 is 0 Å². The number of hydrogen-bond acceptors (Lipinski definition) is 5. The molecule has 0 radical (unpaired) electrons. The highest BCUT2D eigenvalue weighted by Gasteiger charge is 2.35. The summed E-state index contributed by atoms with van der Waals surface area (Å²) in [5.74, 6) is -2.32. The van der Waals surface area contributed by atoms with Gasteiger partial charge in [0, 0.05) is 19.0 Å². The lowest BCUT2D eigenvalue weighted by Gasteiger charge is -2.29. The van der Waals surface area contributed by atoms with Gasteiger partial charge < -0.3 is 26.4 Å². The van der Waals surface area contributed by atoms with Crippen molar-refractivity contribution in [3.05, 3.63) is 0 Å². The van der Waals surface area contributed by atoms with Crippen LogP contribution in [0.4, 0.5) is 0 Å². The number of nitrogens with two attached hydrogens (primary N) is 1. The molecule has 1 heterocycles. The fourth-order valence-corrected chi connectivity index (χ4v) is 3.33. The van der Waals surface area contributed by atoms with E-state index in [2.05, 4.69) is 10.6 Å². The Hall–Kier alpha value is -2.16. The molecule has 0 unspecified atom stereocenters. The van der Waals surface area contributed by atoms with E-state index in [1.165, 1.54) is 6.92 Å². The highest BCUT2D eigenvalue weighted by atomic mass is 16.4. The number of hydrogen-bond donors (Lipinski definition) is 4. The maximum atomic E-state index is 12.6. The molecule has 0 aromatic heterocycles. The van der Waals surface area contributed by atoms with Crippen LogP contribution in [0, 0.1) is 11.8 Å². The zero-order valence-electron chi connectivity index (χ0n) is 18.1. The zero-order valence-corrected chi connectivity index (χ0v) is 18.1. The molecule has 1 saturated heterocycles. The minimum absolute atomic E-state index is 0.00674. The van der Waals surface area contributed by atoms with Gasteiger partial charge in [0.05, 0.1) is 6.04 Å². The second-order valence-corrected chi connectivity index (χ2v) is 8.30. The van der Waals surface area contributed by atoms with Crippen LogP contribution < -0.4 is 16.4 Å². The molecule has 1 rings (SSSR count). The van der Waals surface area contributed by atoms with Gasteiger partial charge in [0.15, 0.2) is 0 Å². The van der Waals surface area contributed by atoms with E-state index in [4.69, 9.17) is 10.8 Å². The summed E-state index contributed by atoms with van der Waals surface area (Å²) in [6.45, 7) is 9.42. The van der Waals surface area contributed by atoms with Gasteiger partial charge in [0.1, 0.15) is 12.1 Å². The Balaban J connectivity index is 2.78. The Kier molecular flexibility index (Phi) is 9.55. The van der Waals surface area contributed by atoms with Crippen LogP contribution in [0.15, 0.2) is 0 Å². The smallest absolute Gasteiger partial charge is 0.325 e. The summed E-state index contributed by atoms with van der Waals surface area (Å²) in [5.41, 5.74) is 5.99. The van der Waals surface area contributed by atoms with Crippen LogP contribution in [0.2, 0.25) is 0 Å². The molecule has 3 amide bonds. The van der Waals surface area contributed by atoms with Crippen LogP contribution in [-0.4, -0.2) is 64.4 Å². The average molecular weight is 413 g/mol. The number of carboxylic acid groups (broad SMARTS) is 1. The van der Waals surface area contributed by atoms with E-state index in [1.54, 1.807) is 4.90 Å². The van der Waals surface area contributed by atoms with Crippen LogP contribution in [0.1, 0.15) is 60.3 Å². The third kappa shape index (κ3) is 6.99. The van der Waals surface area contributed by atoms with Crippen LogP contribution in [0.25, 0.3) is 0 Å². The SMILES string of the molecule is CC[C@H](C)[C@H](NC(=O)C[C@@H]1CCCN1C(=O)[C@@H](N)C(C)C)C(=O)N[C@@H](C)C(=O)O. The lowest BCUT2D eigenvalue weighted by Crippen LogP contribution is -2.54. The van der Waals surface area contributed by atoms with Gasteiger partial charge >= 0.3 is 5.97 Å². The first kappa shape index (κ1) is 24.9. The third-order valence-corrected chi connectivity index (χ3v) is 5.63. The fourth-order valence-electron chi connectivity index (χ4n) is 3.33. The van der Waals surface area contributed by atoms with Gasteiger partial charge in [-0.3, -0.25) is 19.2 Å². The zero-order chi connectivity index (χ0) is 22.3. The summed E-state index contributed by atoms with van der Waals surface area (Å²) in [6, 6.07) is -2.73. The van der Waals surface area contributed by atoms with Gasteiger partial charge in [-0.1, -0.05) is 34.1 Å².